The highest BCUT2D eigenvalue weighted by Gasteiger charge is 2.02. The molecule has 144 valence electrons. The maximum Gasteiger partial charge on any atom is 0.305 e. The van der Waals surface area contributed by atoms with Crippen LogP contribution in [-0.4, -0.2) is 25.2 Å². The molecule has 0 unspecified atom stereocenters. The number of carbonyl (C=O) groups excluding carboxylic acids is 2. The number of hydrogen-bond acceptors (Lipinski definition) is 4. The molecule has 0 saturated heterocycles. The van der Waals surface area contributed by atoms with E-state index >= 15 is 0 Å². The van der Waals surface area contributed by atoms with Crippen molar-refractivity contribution in [2.24, 2.45) is 5.92 Å². The zero-order chi connectivity index (χ0) is 18.6. The highest BCUT2D eigenvalue weighted by molar-refractivity contribution is 5.69. The molecule has 0 bridgehead atoms. The van der Waals surface area contributed by atoms with Crippen molar-refractivity contribution in [1.29, 1.82) is 0 Å². The molecule has 0 aliphatic heterocycles. The van der Waals surface area contributed by atoms with Crippen LogP contribution in [0, 0.1) is 5.92 Å². The van der Waals surface area contributed by atoms with E-state index in [-0.39, 0.29) is 11.9 Å². The number of unbranched alkanes of at least 4 members (excludes halogenated alkanes) is 4. The highest BCUT2D eigenvalue weighted by atomic mass is 16.5. The Morgan fingerprint density at radius 2 is 1.17 bits per heavy atom. The fourth-order valence-corrected chi connectivity index (χ4v) is 1.73. The number of esters is 2. The van der Waals surface area contributed by atoms with Crippen molar-refractivity contribution in [3.8, 4) is 0 Å². The average Bonchev–Trinajstić information content (AvgIpc) is 2.55. The Hall–Kier alpha value is -1.06. The van der Waals surface area contributed by atoms with E-state index in [1.165, 1.54) is 6.42 Å². The van der Waals surface area contributed by atoms with E-state index < -0.39 is 0 Å². The summed E-state index contributed by atoms with van der Waals surface area (Å²) in [5.74, 6) is 0.537. The molecule has 4 heteroatoms. The van der Waals surface area contributed by atoms with Crippen LogP contribution in [0.3, 0.4) is 0 Å². The molecule has 0 amide bonds. The zero-order valence-electron chi connectivity index (χ0n) is 16.7. The molecule has 0 aromatic rings. The summed E-state index contributed by atoms with van der Waals surface area (Å²) in [7, 11) is 0. The van der Waals surface area contributed by atoms with Gasteiger partial charge < -0.3 is 9.47 Å². The predicted octanol–water partition coefficient (Wildman–Crippen LogP) is 5.68. The zero-order valence-corrected chi connectivity index (χ0v) is 16.7. The van der Waals surface area contributed by atoms with Gasteiger partial charge in [0.2, 0.25) is 0 Å². The Morgan fingerprint density at radius 1 is 0.708 bits per heavy atom. The minimum Gasteiger partial charge on any atom is -0.466 e. The van der Waals surface area contributed by atoms with Crippen LogP contribution < -0.4 is 0 Å². The number of hydrogen-bond donors (Lipinski definition) is 0. The Kier molecular flexibility index (Phi) is 21.0. The van der Waals surface area contributed by atoms with Gasteiger partial charge in [0.25, 0.3) is 0 Å². The molecule has 0 saturated carbocycles. The number of rotatable bonds is 13. The van der Waals surface area contributed by atoms with Crippen LogP contribution in [0.2, 0.25) is 0 Å². The van der Waals surface area contributed by atoms with Crippen molar-refractivity contribution < 1.29 is 19.1 Å². The minimum atomic E-state index is -0.0440. The molecule has 0 N–H and O–H groups in total. The van der Waals surface area contributed by atoms with Gasteiger partial charge in [0, 0.05) is 12.8 Å². The maximum atomic E-state index is 11.0. The molecule has 0 aromatic heterocycles. The topological polar surface area (TPSA) is 52.6 Å². The normalized spacial score (nSPS) is 10.1. The van der Waals surface area contributed by atoms with Gasteiger partial charge in [-0.2, -0.15) is 0 Å². The van der Waals surface area contributed by atoms with Crippen molar-refractivity contribution in [2.45, 2.75) is 98.8 Å². The van der Waals surface area contributed by atoms with Crippen molar-refractivity contribution in [3.05, 3.63) is 0 Å². The Morgan fingerprint density at radius 3 is 1.58 bits per heavy atom. The van der Waals surface area contributed by atoms with Gasteiger partial charge in [-0.05, 0) is 31.6 Å². The first-order valence-corrected chi connectivity index (χ1v) is 9.79. The molecule has 0 heterocycles. The maximum absolute atomic E-state index is 11.0. The fourth-order valence-electron chi connectivity index (χ4n) is 1.73. The van der Waals surface area contributed by atoms with E-state index in [0.29, 0.717) is 32.0 Å². The van der Waals surface area contributed by atoms with Crippen molar-refractivity contribution >= 4 is 11.9 Å². The SMILES string of the molecule is CCCCC(=O)OCCC(C)C.CCCCCOC(=O)CCCC. The lowest BCUT2D eigenvalue weighted by atomic mass is 10.1. The first kappa shape index (κ1) is 25.2. The number of carbonyl (C=O) groups is 2. The monoisotopic (exact) mass is 344 g/mol. The molecule has 0 aliphatic carbocycles. The summed E-state index contributed by atoms with van der Waals surface area (Å²) < 4.78 is 10.0. The minimum absolute atomic E-state index is 0.0343. The lowest BCUT2D eigenvalue weighted by Gasteiger charge is -2.05. The third-order valence-corrected chi connectivity index (χ3v) is 3.44. The van der Waals surface area contributed by atoms with Gasteiger partial charge in [-0.15, -0.1) is 0 Å². The van der Waals surface area contributed by atoms with Gasteiger partial charge in [-0.25, -0.2) is 0 Å². The molecule has 0 spiro atoms. The summed E-state index contributed by atoms with van der Waals surface area (Å²) >= 11 is 0. The van der Waals surface area contributed by atoms with Gasteiger partial charge in [0.05, 0.1) is 13.2 Å². The summed E-state index contributed by atoms with van der Waals surface area (Å²) in [4.78, 5) is 21.9. The lowest BCUT2D eigenvalue weighted by Crippen LogP contribution is -2.07. The fraction of sp³-hybridized carbons (Fsp3) is 0.900. The van der Waals surface area contributed by atoms with E-state index in [0.717, 1.165) is 44.9 Å². The van der Waals surface area contributed by atoms with Crippen molar-refractivity contribution in [3.63, 3.8) is 0 Å². The summed E-state index contributed by atoms with van der Waals surface area (Å²) in [6.45, 7) is 11.7. The van der Waals surface area contributed by atoms with Gasteiger partial charge in [-0.1, -0.05) is 60.3 Å². The van der Waals surface area contributed by atoms with Crippen LogP contribution >= 0.6 is 0 Å². The van der Waals surface area contributed by atoms with Gasteiger partial charge in [-0.3, -0.25) is 9.59 Å². The quantitative estimate of drug-likeness (QED) is 0.319. The molecule has 0 aliphatic rings. The van der Waals surface area contributed by atoms with Crippen LogP contribution in [0.5, 0.6) is 0 Å². The lowest BCUT2D eigenvalue weighted by molar-refractivity contribution is -0.144. The standard InChI is InChI=1S/2C10H20O2/c1-4-5-6-10(11)12-8-7-9(2)3;1-3-5-7-9-12-10(11)8-6-4-2/h9H,4-8H2,1-3H3;3-9H2,1-2H3. The second kappa shape index (κ2) is 20.0. The summed E-state index contributed by atoms with van der Waals surface area (Å²) in [6, 6.07) is 0. The van der Waals surface area contributed by atoms with Gasteiger partial charge in [0.15, 0.2) is 0 Å². The molecular formula is C20H40O4. The first-order chi connectivity index (χ1) is 11.5. The van der Waals surface area contributed by atoms with E-state index in [1.54, 1.807) is 0 Å². The summed E-state index contributed by atoms with van der Waals surface area (Å²) in [6.07, 6.45) is 9.48. The molecule has 0 atom stereocenters. The largest absolute Gasteiger partial charge is 0.466 e. The Bertz CT molecular complexity index is 287. The third-order valence-electron chi connectivity index (χ3n) is 3.44. The van der Waals surface area contributed by atoms with Crippen molar-refractivity contribution in [2.75, 3.05) is 13.2 Å². The average molecular weight is 345 g/mol. The third kappa shape index (κ3) is 23.2. The van der Waals surface area contributed by atoms with Crippen LogP contribution in [0.1, 0.15) is 98.8 Å². The smallest absolute Gasteiger partial charge is 0.305 e. The van der Waals surface area contributed by atoms with E-state index in [2.05, 4.69) is 34.6 Å². The second-order valence-corrected chi connectivity index (χ2v) is 6.54. The van der Waals surface area contributed by atoms with Gasteiger partial charge in [0.1, 0.15) is 0 Å². The molecule has 0 rings (SSSR count). The Balaban J connectivity index is 0. The van der Waals surface area contributed by atoms with E-state index in [9.17, 15) is 9.59 Å². The summed E-state index contributed by atoms with van der Waals surface area (Å²) in [5.41, 5.74) is 0. The molecule has 24 heavy (non-hydrogen) atoms. The Labute approximate surface area is 149 Å². The van der Waals surface area contributed by atoms with E-state index in [1.807, 2.05) is 0 Å². The molecule has 4 nitrogen and oxygen atoms in total. The van der Waals surface area contributed by atoms with Crippen LogP contribution in [0.25, 0.3) is 0 Å². The number of ether oxygens (including phenoxy) is 2. The van der Waals surface area contributed by atoms with Crippen LogP contribution in [-0.2, 0) is 19.1 Å². The highest BCUT2D eigenvalue weighted by Crippen LogP contribution is 2.02. The second-order valence-electron chi connectivity index (χ2n) is 6.54. The van der Waals surface area contributed by atoms with Crippen LogP contribution in [0.15, 0.2) is 0 Å². The predicted molar refractivity (Wildman–Crippen MR) is 99.9 cm³/mol. The van der Waals surface area contributed by atoms with Crippen LogP contribution in [0.4, 0.5) is 0 Å². The molecule has 0 aromatic carbocycles. The molecule has 0 fully saturated rings. The summed E-state index contributed by atoms with van der Waals surface area (Å²) in [5, 5.41) is 0. The molecule has 0 radical (unpaired) electrons. The van der Waals surface area contributed by atoms with Crippen molar-refractivity contribution in [1.82, 2.24) is 0 Å². The first-order valence-electron chi connectivity index (χ1n) is 9.79. The van der Waals surface area contributed by atoms with E-state index in [4.69, 9.17) is 9.47 Å². The molecular weight excluding hydrogens is 304 g/mol. The van der Waals surface area contributed by atoms with Gasteiger partial charge >= 0.3 is 11.9 Å².